The van der Waals surface area contributed by atoms with Crippen LogP contribution in [0.3, 0.4) is 0 Å². The summed E-state index contributed by atoms with van der Waals surface area (Å²) in [5, 5.41) is 0. The predicted octanol–water partition coefficient (Wildman–Crippen LogP) is 1.22. The molecule has 1 saturated heterocycles. The summed E-state index contributed by atoms with van der Waals surface area (Å²) >= 11 is 0. The van der Waals surface area contributed by atoms with Crippen LogP contribution in [0.15, 0.2) is 18.3 Å². The van der Waals surface area contributed by atoms with Crippen LogP contribution in [0.25, 0.3) is 0 Å². The molecule has 1 saturated carbocycles. The minimum absolute atomic E-state index is 0.204. The highest BCUT2D eigenvalue weighted by Gasteiger charge is 2.26. The lowest BCUT2D eigenvalue weighted by Crippen LogP contribution is -2.48. The molecule has 1 N–H and O–H groups in total. The zero-order valence-corrected chi connectivity index (χ0v) is 10.8. The molecule has 0 unspecified atom stereocenters. The molecule has 2 heterocycles. The minimum atomic E-state index is 0.204. The first kappa shape index (κ1) is 11.9. The van der Waals surface area contributed by atoms with Gasteiger partial charge in [-0.15, -0.1) is 0 Å². The Labute approximate surface area is 108 Å². The second-order valence-electron chi connectivity index (χ2n) is 5.53. The minimum Gasteiger partial charge on any atom is -0.359 e. The van der Waals surface area contributed by atoms with Gasteiger partial charge in [0.2, 0.25) is 0 Å². The number of nitrogens with one attached hydrogen (secondary N) is 1. The molecule has 0 aromatic carbocycles. The van der Waals surface area contributed by atoms with Gasteiger partial charge in [0.05, 0.1) is 12.2 Å². The number of Topliss-reactive ketones (excluding diaryl/α,β-unsaturated/α-hetero) is 1. The van der Waals surface area contributed by atoms with Crippen LogP contribution in [0.2, 0.25) is 0 Å². The zero-order chi connectivity index (χ0) is 12.4. The van der Waals surface area contributed by atoms with Gasteiger partial charge in [0.15, 0.2) is 5.78 Å². The second kappa shape index (κ2) is 5.24. The first-order valence-electron chi connectivity index (χ1n) is 6.92. The van der Waals surface area contributed by atoms with E-state index in [1.54, 1.807) is 6.20 Å². The van der Waals surface area contributed by atoms with Crippen LogP contribution < -0.4 is 0 Å². The van der Waals surface area contributed by atoms with Crippen molar-refractivity contribution in [1.82, 2.24) is 14.8 Å². The summed E-state index contributed by atoms with van der Waals surface area (Å²) in [6.45, 7) is 6.12. The standard InChI is InChI=1S/C14H21N3O/c18-14(13-2-1-5-15-13)11-17-8-6-16(7-9-17)10-12-3-4-12/h1-2,5,12,15H,3-4,6-11H2. The Morgan fingerprint density at radius 2 is 1.94 bits per heavy atom. The lowest BCUT2D eigenvalue weighted by atomic mass is 10.2. The van der Waals surface area contributed by atoms with Crippen LogP contribution in [0.4, 0.5) is 0 Å². The molecule has 4 nitrogen and oxygen atoms in total. The van der Waals surface area contributed by atoms with Crippen molar-refractivity contribution in [1.29, 1.82) is 0 Å². The van der Waals surface area contributed by atoms with Crippen LogP contribution in [0.5, 0.6) is 0 Å². The van der Waals surface area contributed by atoms with Gasteiger partial charge in [0, 0.05) is 38.9 Å². The van der Waals surface area contributed by atoms with E-state index in [0.717, 1.165) is 37.8 Å². The molecule has 1 aromatic rings. The van der Waals surface area contributed by atoms with Crippen molar-refractivity contribution in [2.45, 2.75) is 12.8 Å². The molecule has 1 aromatic heterocycles. The second-order valence-corrected chi connectivity index (χ2v) is 5.53. The van der Waals surface area contributed by atoms with E-state index >= 15 is 0 Å². The van der Waals surface area contributed by atoms with Crippen LogP contribution in [-0.4, -0.2) is 59.8 Å². The van der Waals surface area contributed by atoms with Gasteiger partial charge in [0.1, 0.15) is 0 Å². The van der Waals surface area contributed by atoms with Crippen molar-refractivity contribution in [2.24, 2.45) is 5.92 Å². The molecule has 0 bridgehead atoms. The third-order valence-electron chi connectivity index (χ3n) is 3.94. The number of rotatable bonds is 5. The first-order valence-corrected chi connectivity index (χ1v) is 6.92. The fourth-order valence-corrected chi connectivity index (χ4v) is 2.59. The maximum absolute atomic E-state index is 12.0. The average molecular weight is 247 g/mol. The highest BCUT2D eigenvalue weighted by molar-refractivity contribution is 5.95. The van der Waals surface area contributed by atoms with E-state index in [1.807, 2.05) is 12.1 Å². The smallest absolute Gasteiger partial charge is 0.192 e. The quantitative estimate of drug-likeness (QED) is 0.795. The van der Waals surface area contributed by atoms with Crippen molar-refractivity contribution in [3.05, 3.63) is 24.0 Å². The number of nitrogens with zero attached hydrogens (tertiary/aromatic N) is 2. The summed E-state index contributed by atoms with van der Waals surface area (Å²) in [7, 11) is 0. The molecule has 0 radical (unpaired) electrons. The number of carbonyl (C=O) groups excluding carboxylic acids is 1. The maximum Gasteiger partial charge on any atom is 0.192 e. The van der Waals surface area contributed by atoms with E-state index in [4.69, 9.17) is 0 Å². The summed E-state index contributed by atoms with van der Waals surface area (Å²) in [5.41, 5.74) is 0.732. The molecule has 98 valence electrons. The summed E-state index contributed by atoms with van der Waals surface area (Å²) in [4.78, 5) is 19.8. The number of hydrogen-bond acceptors (Lipinski definition) is 3. The number of H-pyrrole nitrogens is 1. The fourth-order valence-electron chi connectivity index (χ4n) is 2.59. The third-order valence-corrected chi connectivity index (χ3v) is 3.94. The van der Waals surface area contributed by atoms with Gasteiger partial charge in [-0.05, 0) is 30.9 Å². The van der Waals surface area contributed by atoms with Gasteiger partial charge >= 0.3 is 0 Å². The van der Waals surface area contributed by atoms with Crippen molar-refractivity contribution in [3.63, 3.8) is 0 Å². The number of hydrogen-bond donors (Lipinski definition) is 1. The number of aromatic amines is 1. The fraction of sp³-hybridized carbons (Fsp3) is 0.643. The highest BCUT2D eigenvalue weighted by Crippen LogP contribution is 2.29. The van der Waals surface area contributed by atoms with Crippen molar-refractivity contribution in [3.8, 4) is 0 Å². The summed E-state index contributed by atoms with van der Waals surface area (Å²) in [6, 6.07) is 3.73. The van der Waals surface area contributed by atoms with E-state index in [9.17, 15) is 4.79 Å². The van der Waals surface area contributed by atoms with Crippen molar-refractivity contribution >= 4 is 5.78 Å². The molecule has 1 aliphatic carbocycles. The molecule has 2 aliphatic rings. The van der Waals surface area contributed by atoms with E-state index in [0.29, 0.717) is 6.54 Å². The molecule has 2 fully saturated rings. The van der Waals surface area contributed by atoms with Crippen molar-refractivity contribution < 1.29 is 4.79 Å². The molecular weight excluding hydrogens is 226 g/mol. The van der Waals surface area contributed by atoms with Gasteiger partial charge < -0.3 is 9.88 Å². The van der Waals surface area contributed by atoms with E-state index in [1.165, 1.54) is 19.4 Å². The SMILES string of the molecule is O=C(CN1CCN(CC2CC2)CC1)c1ccc[nH]1. The number of aromatic nitrogens is 1. The molecule has 0 atom stereocenters. The average Bonchev–Trinajstić information content (AvgIpc) is 3.02. The maximum atomic E-state index is 12.0. The Hall–Kier alpha value is -1.13. The summed E-state index contributed by atoms with van der Waals surface area (Å²) in [5.74, 6) is 1.17. The zero-order valence-electron chi connectivity index (χ0n) is 10.8. The Balaban J connectivity index is 1.43. The van der Waals surface area contributed by atoms with Crippen LogP contribution in [0.1, 0.15) is 23.3 Å². The monoisotopic (exact) mass is 247 g/mol. The van der Waals surface area contributed by atoms with Gasteiger partial charge in [-0.3, -0.25) is 9.69 Å². The molecule has 0 spiro atoms. The molecular formula is C14H21N3O. The van der Waals surface area contributed by atoms with Crippen LogP contribution >= 0.6 is 0 Å². The van der Waals surface area contributed by atoms with Crippen LogP contribution in [0, 0.1) is 5.92 Å². The molecule has 0 amide bonds. The van der Waals surface area contributed by atoms with Gasteiger partial charge in [-0.25, -0.2) is 0 Å². The third kappa shape index (κ3) is 3.00. The predicted molar refractivity (Wildman–Crippen MR) is 70.7 cm³/mol. The van der Waals surface area contributed by atoms with Gasteiger partial charge in [0.25, 0.3) is 0 Å². The molecule has 3 rings (SSSR count). The Bertz CT molecular complexity index is 389. The van der Waals surface area contributed by atoms with E-state index < -0.39 is 0 Å². The van der Waals surface area contributed by atoms with E-state index in [2.05, 4.69) is 14.8 Å². The Morgan fingerprint density at radius 1 is 1.22 bits per heavy atom. The van der Waals surface area contributed by atoms with E-state index in [-0.39, 0.29) is 5.78 Å². The summed E-state index contributed by atoms with van der Waals surface area (Å²) < 4.78 is 0. The topological polar surface area (TPSA) is 39.3 Å². The van der Waals surface area contributed by atoms with Gasteiger partial charge in [-0.1, -0.05) is 0 Å². The summed E-state index contributed by atoms with van der Waals surface area (Å²) in [6.07, 6.45) is 4.65. The number of piperazine rings is 1. The molecule has 18 heavy (non-hydrogen) atoms. The molecule has 1 aliphatic heterocycles. The number of ketones is 1. The lowest BCUT2D eigenvalue weighted by Gasteiger charge is -2.34. The van der Waals surface area contributed by atoms with Crippen LogP contribution in [-0.2, 0) is 0 Å². The number of carbonyl (C=O) groups is 1. The largest absolute Gasteiger partial charge is 0.359 e. The Kier molecular flexibility index (Phi) is 3.48. The first-order chi connectivity index (χ1) is 8.81. The molecule has 4 heteroatoms. The highest BCUT2D eigenvalue weighted by atomic mass is 16.1. The Morgan fingerprint density at radius 3 is 2.56 bits per heavy atom. The van der Waals surface area contributed by atoms with Gasteiger partial charge in [-0.2, -0.15) is 0 Å². The van der Waals surface area contributed by atoms with Crippen molar-refractivity contribution in [2.75, 3.05) is 39.3 Å². The lowest BCUT2D eigenvalue weighted by molar-refractivity contribution is 0.0843. The normalized spacial score (nSPS) is 22.2.